The van der Waals surface area contributed by atoms with Crippen molar-refractivity contribution < 1.29 is 19.0 Å². The molecule has 3 aliphatic rings. The standard InChI is InChI=1S/C19H23NO4/c1-12(21)23-14-6-7-19-8-9-20(2)11-13-4-5-15(22-3)18(17(13)19)24-16(19)10-14/h4-7,14,16H,8-11H2,1-3H3/t14-,16-,19-/m0/s1. The summed E-state index contributed by atoms with van der Waals surface area (Å²) in [7, 11) is 3.83. The zero-order valence-corrected chi connectivity index (χ0v) is 14.4. The molecule has 24 heavy (non-hydrogen) atoms. The summed E-state index contributed by atoms with van der Waals surface area (Å²) in [6.07, 6.45) is 5.67. The largest absolute Gasteiger partial charge is 0.493 e. The minimum atomic E-state index is -0.255. The van der Waals surface area contributed by atoms with Gasteiger partial charge >= 0.3 is 5.97 Å². The van der Waals surface area contributed by atoms with E-state index in [4.69, 9.17) is 14.2 Å². The molecule has 1 spiro atoms. The van der Waals surface area contributed by atoms with Gasteiger partial charge in [-0.1, -0.05) is 12.1 Å². The average Bonchev–Trinajstić information content (AvgIpc) is 2.80. The first-order chi connectivity index (χ1) is 11.5. The van der Waals surface area contributed by atoms with Crippen LogP contribution >= 0.6 is 0 Å². The summed E-state index contributed by atoms with van der Waals surface area (Å²) in [4.78, 5) is 13.7. The Balaban J connectivity index is 1.82. The van der Waals surface area contributed by atoms with Crippen molar-refractivity contribution in [2.24, 2.45) is 0 Å². The highest BCUT2D eigenvalue weighted by Gasteiger charge is 2.53. The highest BCUT2D eigenvalue weighted by molar-refractivity contribution is 5.66. The van der Waals surface area contributed by atoms with Gasteiger partial charge in [0.2, 0.25) is 0 Å². The molecular formula is C19H23NO4. The second-order valence-corrected chi connectivity index (χ2v) is 7.01. The van der Waals surface area contributed by atoms with E-state index < -0.39 is 0 Å². The maximum absolute atomic E-state index is 11.3. The van der Waals surface area contributed by atoms with Crippen LogP contribution in [-0.2, 0) is 21.5 Å². The normalized spacial score (nSPS) is 30.8. The molecule has 5 nitrogen and oxygen atoms in total. The fourth-order valence-corrected chi connectivity index (χ4v) is 4.37. The van der Waals surface area contributed by atoms with E-state index >= 15 is 0 Å². The average molecular weight is 329 g/mol. The molecule has 0 N–H and O–H groups in total. The molecule has 5 heteroatoms. The number of carbonyl (C=O) groups is 1. The van der Waals surface area contributed by atoms with E-state index in [1.165, 1.54) is 18.1 Å². The number of benzene rings is 1. The van der Waals surface area contributed by atoms with Crippen LogP contribution in [-0.4, -0.2) is 43.8 Å². The first-order valence-corrected chi connectivity index (χ1v) is 8.45. The molecular weight excluding hydrogens is 306 g/mol. The lowest BCUT2D eigenvalue weighted by Gasteiger charge is -2.36. The van der Waals surface area contributed by atoms with Crippen molar-refractivity contribution in [3.8, 4) is 11.5 Å². The van der Waals surface area contributed by atoms with Gasteiger partial charge in [0.1, 0.15) is 12.2 Å². The molecule has 0 aromatic heterocycles. The zero-order valence-electron chi connectivity index (χ0n) is 14.4. The molecule has 3 atom stereocenters. The first-order valence-electron chi connectivity index (χ1n) is 8.45. The van der Waals surface area contributed by atoms with Crippen molar-refractivity contribution in [1.82, 2.24) is 4.90 Å². The molecule has 1 aliphatic carbocycles. The van der Waals surface area contributed by atoms with E-state index in [9.17, 15) is 4.79 Å². The summed E-state index contributed by atoms with van der Waals surface area (Å²) in [5, 5.41) is 0. The summed E-state index contributed by atoms with van der Waals surface area (Å²) in [6.45, 7) is 3.36. The number of esters is 1. The third-order valence-corrected chi connectivity index (χ3v) is 5.45. The summed E-state index contributed by atoms with van der Waals surface area (Å²) in [6, 6.07) is 4.14. The molecule has 0 saturated carbocycles. The molecule has 1 aromatic carbocycles. The number of ether oxygens (including phenoxy) is 3. The predicted octanol–water partition coefficient (Wildman–Crippen LogP) is 2.42. The van der Waals surface area contributed by atoms with Crippen molar-refractivity contribution in [3.05, 3.63) is 35.4 Å². The SMILES string of the molecule is COc1ccc2c3c1O[C@H]1C[C@@H](OC(C)=O)C=C[C@@]31CCN(C)C2. The Bertz CT molecular complexity index is 714. The third-order valence-electron chi connectivity index (χ3n) is 5.45. The number of carbonyl (C=O) groups excluding carboxylic acids is 1. The number of nitrogens with zero attached hydrogens (tertiary/aromatic N) is 1. The highest BCUT2D eigenvalue weighted by atomic mass is 16.5. The van der Waals surface area contributed by atoms with E-state index in [0.29, 0.717) is 6.42 Å². The lowest BCUT2D eigenvalue weighted by molar-refractivity contribution is -0.145. The number of methoxy groups -OCH3 is 1. The first kappa shape index (κ1) is 15.5. The van der Waals surface area contributed by atoms with Gasteiger partial charge in [-0.3, -0.25) is 4.79 Å². The van der Waals surface area contributed by atoms with Gasteiger partial charge in [0.05, 0.1) is 12.5 Å². The van der Waals surface area contributed by atoms with Crippen molar-refractivity contribution in [2.45, 2.75) is 43.9 Å². The van der Waals surface area contributed by atoms with Crippen LogP contribution in [0.5, 0.6) is 11.5 Å². The second kappa shape index (κ2) is 5.52. The number of hydrogen-bond donors (Lipinski definition) is 0. The molecule has 0 unspecified atom stereocenters. The lowest BCUT2D eigenvalue weighted by Crippen LogP contribution is -2.43. The molecule has 0 fully saturated rings. The van der Waals surface area contributed by atoms with Crippen molar-refractivity contribution in [3.63, 3.8) is 0 Å². The summed E-state index contributed by atoms with van der Waals surface area (Å²) >= 11 is 0. The van der Waals surface area contributed by atoms with Gasteiger partial charge in [-0.15, -0.1) is 0 Å². The van der Waals surface area contributed by atoms with Gasteiger partial charge in [-0.2, -0.15) is 0 Å². The molecule has 2 aliphatic heterocycles. The van der Waals surface area contributed by atoms with E-state index in [1.807, 2.05) is 12.1 Å². The summed E-state index contributed by atoms with van der Waals surface area (Å²) in [5.41, 5.74) is 2.40. The van der Waals surface area contributed by atoms with Crippen LogP contribution in [0.4, 0.5) is 0 Å². The molecule has 1 aromatic rings. The van der Waals surface area contributed by atoms with Crippen molar-refractivity contribution in [1.29, 1.82) is 0 Å². The van der Waals surface area contributed by atoms with Crippen molar-refractivity contribution in [2.75, 3.05) is 20.7 Å². The smallest absolute Gasteiger partial charge is 0.303 e. The summed E-state index contributed by atoms with van der Waals surface area (Å²) < 4.78 is 17.3. The number of rotatable bonds is 2. The van der Waals surface area contributed by atoms with Gasteiger partial charge in [0, 0.05) is 25.5 Å². The van der Waals surface area contributed by atoms with Crippen LogP contribution in [0.1, 0.15) is 30.9 Å². The lowest BCUT2D eigenvalue weighted by atomic mass is 9.69. The Hall–Kier alpha value is -2.01. The van der Waals surface area contributed by atoms with Gasteiger partial charge in [-0.25, -0.2) is 0 Å². The van der Waals surface area contributed by atoms with E-state index in [2.05, 4.69) is 24.1 Å². The van der Waals surface area contributed by atoms with Crippen LogP contribution in [0.3, 0.4) is 0 Å². The van der Waals surface area contributed by atoms with Crippen LogP contribution in [0, 0.1) is 0 Å². The van der Waals surface area contributed by atoms with E-state index in [1.54, 1.807) is 7.11 Å². The number of hydrogen-bond acceptors (Lipinski definition) is 5. The minimum absolute atomic E-state index is 0.0246. The second-order valence-electron chi connectivity index (χ2n) is 7.01. The maximum atomic E-state index is 11.3. The summed E-state index contributed by atoms with van der Waals surface area (Å²) in [5.74, 6) is 1.39. The van der Waals surface area contributed by atoms with Crippen LogP contribution < -0.4 is 9.47 Å². The molecule has 4 rings (SSSR count). The molecule has 128 valence electrons. The highest BCUT2D eigenvalue weighted by Crippen LogP contribution is 2.55. The monoisotopic (exact) mass is 329 g/mol. The van der Waals surface area contributed by atoms with Gasteiger partial charge in [-0.05, 0) is 37.7 Å². The van der Waals surface area contributed by atoms with Crippen LogP contribution in [0.25, 0.3) is 0 Å². The molecule has 0 saturated heterocycles. The van der Waals surface area contributed by atoms with E-state index in [0.717, 1.165) is 31.0 Å². The Labute approximate surface area is 142 Å². The third kappa shape index (κ3) is 2.22. The van der Waals surface area contributed by atoms with Crippen LogP contribution in [0.2, 0.25) is 0 Å². The fraction of sp³-hybridized carbons (Fsp3) is 0.526. The quantitative estimate of drug-likeness (QED) is 0.616. The predicted molar refractivity (Wildman–Crippen MR) is 89.4 cm³/mol. The van der Waals surface area contributed by atoms with Crippen molar-refractivity contribution >= 4 is 5.97 Å². The van der Waals surface area contributed by atoms with Crippen LogP contribution in [0.15, 0.2) is 24.3 Å². The molecule has 0 amide bonds. The molecule has 2 heterocycles. The zero-order chi connectivity index (χ0) is 16.9. The Morgan fingerprint density at radius 3 is 3.00 bits per heavy atom. The Morgan fingerprint density at radius 1 is 1.42 bits per heavy atom. The molecule has 0 bridgehead atoms. The Morgan fingerprint density at radius 2 is 2.25 bits per heavy atom. The minimum Gasteiger partial charge on any atom is -0.493 e. The van der Waals surface area contributed by atoms with Gasteiger partial charge < -0.3 is 19.1 Å². The Kier molecular flexibility index (Phi) is 3.57. The topological polar surface area (TPSA) is 48.0 Å². The van der Waals surface area contributed by atoms with Gasteiger partial charge in [0.25, 0.3) is 0 Å². The van der Waals surface area contributed by atoms with E-state index in [-0.39, 0.29) is 23.6 Å². The van der Waals surface area contributed by atoms with Gasteiger partial charge in [0.15, 0.2) is 11.5 Å². The fourth-order valence-electron chi connectivity index (χ4n) is 4.37. The molecule has 0 radical (unpaired) electrons. The maximum Gasteiger partial charge on any atom is 0.303 e.